The Kier molecular flexibility index (Phi) is 6.56. The summed E-state index contributed by atoms with van der Waals surface area (Å²) >= 11 is 5.98. The van der Waals surface area contributed by atoms with Crippen molar-refractivity contribution in [2.45, 2.75) is 4.90 Å². The van der Waals surface area contributed by atoms with E-state index in [-0.39, 0.29) is 12.5 Å². The molecule has 7 nitrogen and oxygen atoms in total. The molecule has 1 heterocycles. The number of piperazine rings is 1. The highest BCUT2D eigenvalue weighted by Crippen LogP contribution is 2.27. The molecule has 0 atom stereocenters. The van der Waals surface area contributed by atoms with Crippen LogP contribution in [0.4, 0.5) is 5.69 Å². The lowest BCUT2D eigenvalue weighted by Crippen LogP contribution is -3.15. The Morgan fingerprint density at radius 3 is 2.50 bits per heavy atom. The zero-order valence-corrected chi connectivity index (χ0v) is 17.1. The summed E-state index contributed by atoms with van der Waals surface area (Å²) in [5.74, 6) is 0.362. The van der Waals surface area contributed by atoms with Crippen LogP contribution in [0.3, 0.4) is 0 Å². The molecule has 0 aliphatic carbocycles. The van der Waals surface area contributed by atoms with Gasteiger partial charge in [-0.2, -0.15) is 4.31 Å². The molecule has 1 fully saturated rings. The predicted octanol–water partition coefficient (Wildman–Crippen LogP) is 0.876. The van der Waals surface area contributed by atoms with Crippen LogP contribution in [0.25, 0.3) is 0 Å². The minimum Gasteiger partial charge on any atom is -0.495 e. The van der Waals surface area contributed by atoms with Crippen LogP contribution in [0.15, 0.2) is 53.4 Å². The van der Waals surface area contributed by atoms with Crippen LogP contribution in [0.1, 0.15) is 0 Å². The van der Waals surface area contributed by atoms with Crippen molar-refractivity contribution in [3.05, 3.63) is 53.6 Å². The summed E-state index contributed by atoms with van der Waals surface area (Å²) in [5, 5.41) is 3.32. The van der Waals surface area contributed by atoms with Gasteiger partial charge >= 0.3 is 0 Å². The fraction of sp³-hybridized carbons (Fsp3) is 0.316. The first kappa shape index (κ1) is 20.6. The second kappa shape index (κ2) is 8.91. The Bertz CT molecular complexity index is 929. The summed E-state index contributed by atoms with van der Waals surface area (Å²) in [4.78, 5) is 13.7. The molecule has 0 unspecified atom stereocenters. The molecular formula is C19H23ClN3O4S+. The third-order valence-corrected chi connectivity index (χ3v) is 6.80. The predicted molar refractivity (Wildman–Crippen MR) is 107 cm³/mol. The number of methoxy groups -OCH3 is 1. The van der Waals surface area contributed by atoms with Crippen molar-refractivity contribution >= 4 is 33.2 Å². The number of nitrogens with one attached hydrogen (secondary N) is 2. The number of nitrogens with zero attached hydrogens (tertiary/aromatic N) is 1. The van der Waals surface area contributed by atoms with E-state index in [1.165, 1.54) is 11.4 Å². The van der Waals surface area contributed by atoms with E-state index in [1.807, 2.05) is 0 Å². The van der Waals surface area contributed by atoms with Crippen LogP contribution in [-0.2, 0) is 14.8 Å². The number of ether oxygens (including phenoxy) is 1. The number of anilines is 1. The molecule has 150 valence electrons. The molecular weight excluding hydrogens is 402 g/mol. The van der Waals surface area contributed by atoms with Crippen LogP contribution in [0.2, 0.25) is 5.02 Å². The number of carbonyl (C=O) groups excluding carboxylic acids is 1. The number of hydrogen-bond acceptors (Lipinski definition) is 4. The van der Waals surface area contributed by atoms with Crippen LogP contribution >= 0.6 is 11.6 Å². The summed E-state index contributed by atoms with van der Waals surface area (Å²) in [5.41, 5.74) is 0.518. The Morgan fingerprint density at radius 2 is 1.86 bits per heavy atom. The van der Waals surface area contributed by atoms with Crippen molar-refractivity contribution in [3.63, 3.8) is 0 Å². The highest BCUT2D eigenvalue weighted by molar-refractivity contribution is 7.89. The SMILES string of the molecule is COc1ccc(Cl)cc1NC(=O)C[NH+]1CCN(S(=O)(=O)c2ccccc2)CC1. The number of quaternary nitrogens is 1. The molecule has 0 radical (unpaired) electrons. The van der Waals surface area contributed by atoms with Crippen molar-refractivity contribution < 1.29 is 22.8 Å². The second-order valence-corrected chi connectivity index (χ2v) is 8.91. The molecule has 1 aliphatic rings. The molecule has 28 heavy (non-hydrogen) atoms. The molecule has 0 aromatic heterocycles. The highest BCUT2D eigenvalue weighted by atomic mass is 35.5. The first-order chi connectivity index (χ1) is 13.4. The maximum Gasteiger partial charge on any atom is 0.279 e. The topological polar surface area (TPSA) is 80.2 Å². The van der Waals surface area contributed by atoms with E-state index in [0.717, 1.165) is 4.90 Å². The molecule has 2 N–H and O–H groups in total. The van der Waals surface area contributed by atoms with Gasteiger partial charge in [0, 0.05) is 5.02 Å². The quantitative estimate of drug-likeness (QED) is 0.721. The second-order valence-electron chi connectivity index (χ2n) is 6.54. The van der Waals surface area contributed by atoms with Crippen molar-refractivity contribution in [2.75, 3.05) is 45.2 Å². The molecule has 1 aliphatic heterocycles. The Hall–Kier alpha value is -2.13. The molecule has 1 saturated heterocycles. The first-order valence-corrected chi connectivity index (χ1v) is 10.7. The largest absolute Gasteiger partial charge is 0.495 e. The lowest BCUT2D eigenvalue weighted by Gasteiger charge is -2.31. The molecule has 0 saturated carbocycles. The van der Waals surface area contributed by atoms with Gasteiger partial charge in [-0.1, -0.05) is 29.8 Å². The van der Waals surface area contributed by atoms with Crippen molar-refractivity contribution in [2.24, 2.45) is 0 Å². The van der Waals surface area contributed by atoms with E-state index in [1.54, 1.807) is 48.5 Å². The molecule has 2 aromatic carbocycles. The van der Waals surface area contributed by atoms with Gasteiger partial charge in [-0.05, 0) is 30.3 Å². The first-order valence-electron chi connectivity index (χ1n) is 8.92. The number of halogens is 1. The zero-order chi connectivity index (χ0) is 20.1. The number of amides is 1. The Labute approximate surface area is 169 Å². The maximum atomic E-state index is 12.7. The Balaban J connectivity index is 1.56. The summed E-state index contributed by atoms with van der Waals surface area (Å²) in [6.07, 6.45) is 0. The van der Waals surface area contributed by atoms with Gasteiger partial charge in [0.15, 0.2) is 6.54 Å². The minimum atomic E-state index is -3.49. The normalized spacial score (nSPS) is 15.9. The van der Waals surface area contributed by atoms with Crippen molar-refractivity contribution in [1.82, 2.24) is 4.31 Å². The van der Waals surface area contributed by atoms with E-state index in [9.17, 15) is 13.2 Å². The monoisotopic (exact) mass is 424 g/mol. The molecule has 9 heteroatoms. The average Bonchev–Trinajstić information content (AvgIpc) is 2.69. The van der Waals surface area contributed by atoms with E-state index < -0.39 is 10.0 Å². The lowest BCUT2D eigenvalue weighted by atomic mass is 10.3. The van der Waals surface area contributed by atoms with Gasteiger partial charge in [0.05, 0.1) is 43.9 Å². The summed E-state index contributed by atoms with van der Waals surface area (Å²) < 4.78 is 32.0. The van der Waals surface area contributed by atoms with Crippen molar-refractivity contribution in [3.8, 4) is 5.75 Å². The van der Waals surface area contributed by atoms with Crippen LogP contribution < -0.4 is 15.0 Å². The standard InChI is InChI=1S/C19H22ClN3O4S/c1-27-18-8-7-15(20)13-17(18)21-19(24)14-22-9-11-23(12-10-22)28(25,26)16-5-3-2-4-6-16/h2-8,13H,9-12,14H2,1H3,(H,21,24)/p+1. The average molecular weight is 425 g/mol. The number of sulfonamides is 1. The summed E-state index contributed by atoms with van der Waals surface area (Å²) in [6.45, 7) is 2.12. The number of carbonyl (C=O) groups is 1. The summed E-state index contributed by atoms with van der Waals surface area (Å²) in [7, 11) is -1.96. The molecule has 0 spiro atoms. The fourth-order valence-electron chi connectivity index (χ4n) is 3.16. The Morgan fingerprint density at radius 1 is 1.18 bits per heavy atom. The third-order valence-electron chi connectivity index (χ3n) is 4.66. The van der Waals surface area contributed by atoms with Gasteiger partial charge in [0.25, 0.3) is 5.91 Å². The van der Waals surface area contributed by atoms with E-state index in [2.05, 4.69) is 5.32 Å². The molecule has 2 aromatic rings. The summed E-state index contributed by atoms with van der Waals surface area (Å²) in [6, 6.07) is 13.4. The van der Waals surface area contributed by atoms with Crippen LogP contribution in [-0.4, -0.2) is 58.5 Å². The van der Waals surface area contributed by atoms with Crippen LogP contribution in [0, 0.1) is 0 Å². The van der Waals surface area contributed by atoms with Gasteiger partial charge in [-0.15, -0.1) is 0 Å². The van der Waals surface area contributed by atoms with Gasteiger partial charge in [0.1, 0.15) is 5.75 Å². The number of hydrogen-bond donors (Lipinski definition) is 2. The van der Waals surface area contributed by atoms with Gasteiger partial charge in [-0.25, -0.2) is 8.42 Å². The number of benzene rings is 2. The molecule has 0 bridgehead atoms. The fourth-order valence-corrected chi connectivity index (χ4v) is 4.80. The van der Waals surface area contributed by atoms with Gasteiger partial charge in [-0.3, -0.25) is 4.79 Å². The highest BCUT2D eigenvalue weighted by Gasteiger charge is 2.31. The van der Waals surface area contributed by atoms with E-state index >= 15 is 0 Å². The van der Waals surface area contributed by atoms with E-state index in [0.29, 0.717) is 47.5 Å². The van der Waals surface area contributed by atoms with Crippen LogP contribution in [0.5, 0.6) is 5.75 Å². The third kappa shape index (κ3) is 4.82. The van der Waals surface area contributed by atoms with Gasteiger partial charge in [0.2, 0.25) is 10.0 Å². The maximum absolute atomic E-state index is 12.7. The van der Waals surface area contributed by atoms with Crippen molar-refractivity contribution in [1.29, 1.82) is 0 Å². The molecule has 3 rings (SSSR count). The lowest BCUT2D eigenvalue weighted by molar-refractivity contribution is -0.895. The van der Waals surface area contributed by atoms with E-state index in [4.69, 9.17) is 16.3 Å². The zero-order valence-electron chi connectivity index (χ0n) is 15.5. The molecule has 1 amide bonds. The smallest absolute Gasteiger partial charge is 0.279 e. The van der Waals surface area contributed by atoms with Gasteiger partial charge < -0.3 is 15.0 Å². The number of rotatable bonds is 6. The minimum absolute atomic E-state index is 0.171.